The third kappa shape index (κ3) is 2.75. The molecule has 0 bridgehead atoms. The van der Waals surface area contributed by atoms with Gasteiger partial charge in [0.1, 0.15) is 0 Å². The maximum absolute atomic E-state index is 4.50. The van der Waals surface area contributed by atoms with Crippen molar-refractivity contribution in [2.45, 2.75) is 25.9 Å². The molecule has 0 aliphatic carbocycles. The highest BCUT2D eigenvalue weighted by Crippen LogP contribution is 2.16. The molecule has 1 atom stereocenters. The summed E-state index contributed by atoms with van der Waals surface area (Å²) >= 11 is 1.81. The summed E-state index contributed by atoms with van der Waals surface area (Å²) in [6.45, 7) is 2.87. The number of thioether (sulfide) groups is 1. The van der Waals surface area contributed by atoms with Crippen molar-refractivity contribution in [1.29, 1.82) is 0 Å². The van der Waals surface area contributed by atoms with Gasteiger partial charge in [0, 0.05) is 25.0 Å². The molecule has 1 aromatic heterocycles. The number of aryl methyl sites for hydroxylation is 1. The van der Waals surface area contributed by atoms with E-state index in [9.17, 15) is 0 Å². The maximum Gasteiger partial charge on any atom is 0.157 e. The SMILES string of the molecule is CCC1CSC(=NCc2ccn(C)n2)N1. The standard InChI is InChI=1S/C10H16N4S/c1-3-8-7-15-10(12-8)11-6-9-4-5-14(2)13-9/h4-5,8H,3,6-7H2,1-2H3,(H,11,12). The summed E-state index contributed by atoms with van der Waals surface area (Å²) in [4.78, 5) is 4.50. The van der Waals surface area contributed by atoms with Gasteiger partial charge in [0.2, 0.25) is 0 Å². The van der Waals surface area contributed by atoms with Crippen molar-refractivity contribution in [2.75, 3.05) is 5.75 Å². The fourth-order valence-electron chi connectivity index (χ4n) is 1.45. The van der Waals surface area contributed by atoms with Crippen LogP contribution in [-0.4, -0.2) is 26.7 Å². The highest BCUT2D eigenvalue weighted by Gasteiger charge is 2.17. The van der Waals surface area contributed by atoms with E-state index in [-0.39, 0.29) is 0 Å². The molecule has 1 aliphatic rings. The minimum Gasteiger partial charge on any atom is -0.361 e. The molecule has 1 aliphatic heterocycles. The van der Waals surface area contributed by atoms with Crippen molar-refractivity contribution in [3.63, 3.8) is 0 Å². The molecule has 1 N–H and O–H groups in total. The van der Waals surface area contributed by atoms with E-state index in [0.717, 1.165) is 23.0 Å². The molecule has 0 aromatic carbocycles. The lowest BCUT2D eigenvalue weighted by atomic mass is 10.3. The summed E-state index contributed by atoms with van der Waals surface area (Å²) in [5.74, 6) is 1.14. The van der Waals surface area contributed by atoms with E-state index in [1.807, 2.05) is 19.3 Å². The van der Waals surface area contributed by atoms with Crippen molar-refractivity contribution >= 4 is 16.9 Å². The van der Waals surface area contributed by atoms with Gasteiger partial charge in [-0.25, -0.2) is 0 Å². The summed E-state index contributed by atoms with van der Waals surface area (Å²) in [6.07, 6.45) is 3.11. The van der Waals surface area contributed by atoms with Gasteiger partial charge in [-0.05, 0) is 12.5 Å². The Morgan fingerprint density at radius 2 is 2.60 bits per heavy atom. The van der Waals surface area contributed by atoms with E-state index < -0.39 is 0 Å². The van der Waals surface area contributed by atoms with Gasteiger partial charge < -0.3 is 5.32 Å². The average molecular weight is 224 g/mol. The van der Waals surface area contributed by atoms with Crippen molar-refractivity contribution < 1.29 is 0 Å². The Balaban J connectivity index is 1.89. The molecule has 1 unspecified atom stereocenters. The molecule has 0 amide bonds. The van der Waals surface area contributed by atoms with Crippen molar-refractivity contribution in [2.24, 2.45) is 12.0 Å². The molecule has 4 nitrogen and oxygen atoms in total. The predicted molar refractivity (Wildman–Crippen MR) is 64.0 cm³/mol. The number of nitrogens with one attached hydrogen (secondary N) is 1. The second-order valence-corrected chi connectivity index (χ2v) is 4.67. The van der Waals surface area contributed by atoms with E-state index >= 15 is 0 Å². The molecular weight excluding hydrogens is 208 g/mol. The Morgan fingerprint density at radius 3 is 3.20 bits per heavy atom. The summed E-state index contributed by atoms with van der Waals surface area (Å²) in [6, 6.07) is 2.60. The van der Waals surface area contributed by atoms with Crippen LogP contribution in [0.25, 0.3) is 0 Å². The van der Waals surface area contributed by atoms with Gasteiger partial charge >= 0.3 is 0 Å². The highest BCUT2D eigenvalue weighted by molar-refractivity contribution is 8.14. The Hall–Kier alpha value is -0.970. The second-order valence-electron chi connectivity index (χ2n) is 3.66. The highest BCUT2D eigenvalue weighted by atomic mass is 32.2. The number of hydrogen-bond acceptors (Lipinski definition) is 3. The van der Waals surface area contributed by atoms with Gasteiger partial charge in [-0.1, -0.05) is 18.7 Å². The monoisotopic (exact) mass is 224 g/mol. The molecule has 0 saturated carbocycles. The first kappa shape index (κ1) is 10.5. The van der Waals surface area contributed by atoms with Gasteiger partial charge in [0.25, 0.3) is 0 Å². The van der Waals surface area contributed by atoms with Crippen molar-refractivity contribution in [3.8, 4) is 0 Å². The zero-order chi connectivity index (χ0) is 10.7. The summed E-state index contributed by atoms with van der Waals surface area (Å²) in [7, 11) is 1.92. The van der Waals surface area contributed by atoms with Gasteiger partial charge in [-0.2, -0.15) is 5.10 Å². The van der Waals surface area contributed by atoms with Crippen LogP contribution in [0.4, 0.5) is 0 Å². The van der Waals surface area contributed by atoms with Crippen LogP contribution in [0.1, 0.15) is 19.0 Å². The summed E-state index contributed by atoms with van der Waals surface area (Å²) < 4.78 is 1.81. The lowest BCUT2D eigenvalue weighted by molar-refractivity contribution is 0.666. The van der Waals surface area contributed by atoms with Crippen molar-refractivity contribution in [3.05, 3.63) is 18.0 Å². The quantitative estimate of drug-likeness (QED) is 0.843. The van der Waals surface area contributed by atoms with Crippen LogP contribution in [0.5, 0.6) is 0 Å². The number of nitrogens with zero attached hydrogens (tertiary/aromatic N) is 3. The number of hydrogen-bond donors (Lipinski definition) is 1. The molecule has 0 spiro atoms. The first-order valence-corrected chi connectivity index (χ1v) is 6.19. The Labute approximate surface area is 94.2 Å². The van der Waals surface area contributed by atoms with Crippen LogP contribution in [0.3, 0.4) is 0 Å². The number of rotatable bonds is 3. The van der Waals surface area contributed by atoms with Crippen molar-refractivity contribution in [1.82, 2.24) is 15.1 Å². The minimum atomic E-state index is 0.595. The van der Waals surface area contributed by atoms with Gasteiger partial charge in [-0.3, -0.25) is 9.67 Å². The molecule has 0 radical (unpaired) electrons. The van der Waals surface area contributed by atoms with Crippen LogP contribution in [-0.2, 0) is 13.6 Å². The van der Waals surface area contributed by atoms with Gasteiger partial charge in [0.15, 0.2) is 5.17 Å². The lowest BCUT2D eigenvalue weighted by Gasteiger charge is -2.04. The number of amidine groups is 1. The lowest BCUT2D eigenvalue weighted by Crippen LogP contribution is -2.25. The summed E-state index contributed by atoms with van der Waals surface area (Å²) in [5.41, 5.74) is 1.02. The predicted octanol–water partition coefficient (Wildman–Crippen LogP) is 1.39. The first-order valence-electron chi connectivity index (χ1n) is 5.20. The minimum absolute atomic E-state index is 0.595. The van der Waals surface area contributed by atoms with Crippen LogP contribution in [0, 0.1) is 0 Å². The third-order valence-electron chi connectivity index (χ3n) is 2.40. The summed E-state index contributed by atoms with van der Waals surface area (Å²) in [5, 5.41) is 8.74. The van der Waals surface area contributed by atoms with E-state index in [1.54, 1.807) is 16.4 Å². The third-order valence-corrected chi connectivity index (χ3v) is 3.48. The van der Waals surface area contributed by atoms with E-state index in [0.29, 0.717) is 12.6 Å². The molecule has 1 fully saturated rings. The molecule has 5 heteroatoms. The average Bonchev–Trinajstić information content (AvgIpc) is 2.83. The Bertz CT molecular complexity index is 358. The molecule has 1 saturated heterocycles. The van der Waals surface area contributed by atoms with E-state index in [1.165, 1.54) is 0 Å². The molecular formula is C10H16N4S. The zero-order valence-electron chi connectivity index (χ0n) is 9.10. The largest absolute Gasteiger partial charge is 0.361 e. The normalized spacial score (nSPS) is 23.3. The van der Waals surface area contributed by atoms with Crippen LogP contribution in [0.15, 0.2) is 17.3 Å². The van der Waals surface area contributed by atoms with Gasteiger partial charge in [-0.15, -0.1) is 0 Å². The molecule has 1 aromatic rings. The molecule has 82 valence electrons. The van der Waals surface area contributed by atoms with Crippen LogP contribution < -0.4 is 5.32 Å². The smallest absolute Gasteiger partial charge is 0.157 e. The van der Waals surface area contributed by atoms with Crippen LogP contribution in [0.2, 0.25) is 0 Å². The fraction of sp³-hybridized carbons (Fsp3) is 0.600. The zero-order valence-corrected chi connectivity index (χ0v) is 9.92. The molecule has 2 rings (SSSR count). The van der Waals surface area contributed by atoms with E-state index in [4.69, 9.17) is 0 Å². The van der Waals surface area contributed by atoms with Gasteiger partial charge in [0.05, 0.1) is 12.2 Å². The number of aromatic nitrogens is 2. The van der Waals surface area contributed by atoms with Crippen LogP contribution >= 0.6 is 11.8 Å². The first-order chi connectivity index (χ1) is 7.28. The molecule has 15 heavy (non-hydrogen) atoms. The maximum atomic E-state index is 4.50. The Kier molecular flexibility index (Phi) is 3.30. The Morgan fingerprint density at radius 1 is 1.73 bits per heavy atom. The second kappa shape index (κ2) is 4.70. The fourth-order valence-corrected chi connectivity index (χ4v) is 2.53. The van der Waals surface area contributed by atoms with E-state index in [2.05, 4.69) is 22.3 Å². The molecule has 2 heterocycles. The topological polar surface area (TPSA) is 42.2 Å². The number of aliphatic imine (C=N–C) groups is 1.